The first-order valence-corrected chi connectivity index (χ1v) is 7.37. The number of phenolic OH excluding ortho intramolecular Hbond substituents is 2. The maximum atomic E-state index is 12.7. The van der Waals surface area contributed by atoms with Gasteiger partial charge in [0, 0.05) is 0 Å². The summed E-state index contributed by atoms with van der Waals surface area (Å²) in [6, 6.07) is 9.73. The third kappa shape index (κ3) is 3.07. The van der Waals surface area contributed by atoms with Gasteiger partial charge in [-0.05, 0) is 42.8 Å². The van der Waals surface area contributed by atoms with Crippen LogP contribution < -0.4 is 10.2 Å². The second-order valence-electron chi connectivity index (χ2n) is 5.54. The summed E-state index contributed by atoms with van der Waals surface area (Å²) in [5, 5.41) is 21.0. The molecule has 0 aliphatic carbocycles. The normalized spacial score (nSPS) is 16.3. The predicted octanol–water partition coefficient (Wildman–Crippen LogP) is 2.07. The van der Waals surface area contributed by atoms with Crippen molar-refractivity contribution in [3.05, 3.63) is 59.2 Å². The van der Waals surface area contributed by atoms with Gasteiger partial charge in [0.1, 0.15) is 5.57 Å². The number of nitrogens with zero attached hydrogens (tertiary/aromatic N) is 1. The number of hydrogen-bond acceptors (Lipinski definition) is 5. The number of barbiturate groups is 1. The van der Waals surface area contributed by atoms with Gasteiger partial charge in [-0.3, -0.25) is 14.9 Å². The molecule has 1 heterocycles. The van der Waals surface area contributed by atoms with Crippen LogP contribution >= 0.6 is 0 Å². The Morgan fingerprint density at radius 1 is 0.960 bits per heavy atom. The molecule has 1 fully saturated rings. The van der Waals surface area contributed by atoms with Crippen LogP contribution in [0.5, 0.6) is 11.5 Å². The lowest BCUT2D eigenvalue weighted by atomic mass is 10.1. The lowest BCUT2D eigenvalue weighted by Gasteiger charge is -2.26. The number of rotatable bonds is 2. The molecule has 25 heavy (non-hydrogen) atoms. The van der Waals surface area contributed by atoms with Crippen molar-refractivity contribution in [2.75, 3.05) is 4.90 Å². The van der Waals surface area contributed by atoms with Gasteiger partial charge in [0.05, 0.1) is 5.69 Å². The Hall–Kier alpha value is -3.61. The van der Waals surface area contributed by atoms with Crippen molar-refractivity contribution in [1.82, 2.24) is 5.32 Å². The minimum atomic E-state index is -0.829. The average Bonchev–Trinajstić information content (AvgIpc) is 2.56. The molecule has 0 atom stereocenters. The molecule has 3 N–H and O–H groups in total. The number of imide groups is 2. The summed E-state index contributed by atoms with van der Waals surface area (Å²) in [6.45, 7) is 1.87. The van der Waals surface area contributed by atoms with Crippen LogP contribution in [0.2, 0.25) is 0 Å². The van der Waals surface area contributed by atoms with Crippen molar-refractivity contribution in [2.24, 2.45) is 0 Å². The Bertz CT molecular complexity index is 916. The summed E-state index contributed by atoms with van der Waals surface area (Å²) < 4.78 is 0. The summed E-state index contributed by atoms with van der Waals surface area (Å²) in [4.78, 5) is 37.6. The first-order chi connectivity index (χ1) is 11.9. The average molecular weight is 338 g/mol. The van der Waals surface area contributed by atoms with Gasteiger partial charge in [-0.25, -0.2) is 9.69 Å². The highest BCUT2D eigenvalue weighted by Crippen LogP contribution is 2.27. The van der Waals surface area contributed by atoms with Crippen LogP contribution in [0.3, 0.4) is 0 Å². The van der Waals surface area contributed by atoms with Crippen LogP contribution in [0.15, 0.2) is 48.0 Å². The molecule has 1 aliphatic heterocycles. The second kappa shape index (κ2) is 6.12. The number of phenols is 2. The van der Waals surface area contributed by atoms with Crippen molar-refractivity contribution in [3.63, 3.8) is 0 Å². The highest BCUT2D eigenvalue weighted by atomic mass is 16.3. The zero-order valence-corrected chi connectivity index (χ0v) is 13.2. The Morgan fingerprint density at radius 3 is 2.28 bits per heavy atom. The molecule has 0 aromatic heterocycles. The number of nitrogens with one attached hydrogen (secondary N) is 1. The lowest BCUT2D eigenvalue weighted by Crippen LogP contribution is -2.54. The van der Waals surface area contributed by atoms with Crippen molar-refractivity contribution < 1.29 is 24.6 Å². The van der Waals surface area contributed by atoms with Gasteiger partial charge in [-0.1, -0.05) is 23.8 Å². The molecule has 1 aliphatic rings. The fourth-order valence-electron chi connectivity index (χ4n) is 2.38. The van der Waals surface area contributed by atoms with Crippen LogP contribution in [0.1, 0.15) is 11.1 Å². The van der Waals surface area contributed by atoms with E-state index in [1.165, 1.54) is 24.3 Å². The van der Waals surface area contributed by atoms with Gasteiger partial charge in [0.25, 0.3) is 11.8 Å². The van der Waals surface area contributed by atoms with E-state index in [0.29, 0.717) is 11.3 Å². The van der Waals surface area contributed by atoms with Crippen molar-refractivity contribution in [1.29, 1.82) is 0 Å². The minimum absolute atomic E-state index is 0.259. The van der Waals surface area contributed by atoms with Crippen LogP contribution in [-0.2, 0) is 9.59 Å². The molecule has 0 radical (unpaired) electrons. The topological polar surface area (TPSA) is 107 Å². The molecular weight excluding hydrogens is 324 g/mol. The lowest BCUT2D eigenvalue weighted by molar-refractivity contribution is -0.122. The van der Waals surface area contributed by atoms with Crippen LogP contribution in [-0.4, -0.2) is 28.1 Å². The number of aryl methyl sites for hydroxylation is 1. The Kier molecular flexibility index (Phi) is 3.98. The quantitative estimate of drug-likeness (QED) is 0.441. The zero-order valence-electron chi connectivity index (χ0n) is 13.2. The van der Waals surface area contributed by atoms with Gasteiger partial charge in [-0.2, -0.15) is 0 Å². The first kappa shape index (κ1) is 16.3. The summed E-state index contributed by atoms with van der Waals surface area (Å²) in [5.41, 5.74) is 1.36. The predicted molar refractivity (Wildman–Crippen MR) is 90.0 cm³/mol. The highest BCUT2D eigenvalue weighted by molar-refractivity contribution is 6.39. The number of amides is 4. The molecule has 126 valence electrons. The third-order valence-electron chi connectivity index (χ3n) is 3.70. The van der Waals surface area contributed by atoms with Crippen molar-refractivity contribution in [2.45, 2.75) is 6.92 Å². The van der Waals surface area contributed by atoms with Gasteiger partial charge in [-0.15, -0.1) is 0 Å². The summed E-state index contributed by atoms with van der Waals surface area (Å²) >= 11 is 0. The van der Waals surface area contributed by atoms with E-state index >= 15 is 0 Å². The van der Waals surface area contributed by atoms with Gasteiger partial charge >= 0.3 is 6.03 Å². The Labute approximate surface area is 142 Å². The standard InChI is InChI=1S/C18H14N2O5/c1-10-2-5-12(6-3-10)20-17(24)13(16(23)19-18(20)25)8-11-4-7-14(21)15(22)9-11/h2-9,21-22H,1H3,(H,19,23,25)/b13-8-. The molecule has 2 aromatic carbocycles. The summed E-state index contributed by atoms with van der Waals surface area (Å²) in [6.07, 6.45) is 1.24. The van der Waals surface area contributed by atoms with Crippen LogP contribution in [0.25, 0.3) is 6.08 Å². The fraction of sp³-hybridized carbons (Fsp3) is 0.0556. The molecule has 1 saturated heterocycles. The van der Waals surface area contributed by atoms with Gasteiger partial charge in [0.15, 0.2) is 11.5 Å². The van der Waals surface area contributed by atoms with Gasteiger partial charge < -0.3 is 10.2 Å². The number of hydrogen-bond donors (Lipinski definition) is 3. The SMILES string of the molecule is Cc1ccc(N2C(=O)NC(=O)/C(=C/c3ccc(O)c(O)c3)C2=O)cc1. The molecular formula is C18H14N2O5. The highest BCUT2D eigenvalue weighted by Gasteiger charge is 2.36. The maximum absolute atomic E-state index is 12.7. The Balaban J connectivity index is 2.01. The largest absolute Gasteiger partial charge is 0.504 e. The minimum Gasteiger partial charge on any atom is -0.504 e. The van der Waals surface area contributed by atoms with E-state index in [2.05, 4.69) is 5.32 Å². The molecule has 7 nitrogen and oxygen atoms in total. The molecule has 0 unspecified atom stereocenters. The molecule has 2 aromatic rings. The first-order valence-electron chi connectivity index (χ1n) is 7.37. The van der Waals surface area contributed by atoms with E-state index < -0.39 is 17.8 Å². The molecule has 7 heteroatoms. The van der Waals surface area contributed by atoms with E-state index in [1.54, 1.807) is 24.3 Å². The van der Waals surface area contributed by atoms with E-state index in [0.717, 1.165) is 10.5 Å². The molecule has 0 saturated carbocycles. The maximum Gasteiger partial charge on any atom is 0.335 e. The molecule has 4 amide bonds. The summed E-state index contributed by atoms with van der Waals surface area (Å²) in [7, 11) is 0. The number of anilines is 1. The number of aromatic hydroxyl groups is 2. The van der Waals surface area contributed by atoms with E-state index in [-0.39, 0.29) is 17.1 Å². The van der Waals surface area contributed by atoms with Crippen molar-refractivity contribution >= 4 is 29.6 Å². The number of carbonyl (C=O) groups is 3. The number of urea groups is 1. The van der Waals surface area contributed by atoms with E-state index in [1.807, 2.05) is 6.92 Å². The third-order valence-corrected chi connectivity index (χ3v) is 3.70. The van der Waals surface area contributed by atoms with E-state index in [9.17, 15) is 24.6 Å². The number of carbonyl (C=O) groups excluding carboxylic acids is 3. The molecule has 3 rings (SSSR count). The molecule has 0 spiro atoms. The number of benzene rings is 2. The smallest absolute Gasteiger partial charge is 0.335 e. The van der Waals surface area contributed by atoms with Crippen LogP contribution in [0, 0.1) is 6.92 Å². The zero-order chi connectivity index (χ0) is 18.1. The van der Waals surface area contributed by atoms with E-state index in [4.69, 9.17) is 0 Å². The fourth-order valence-corrected chi connectivity index (χ4v) is 2.38. The van der Waals surface area contributed by atoms with Gasteiger partial charge in [0.2, 0.25) is 0 Å². The monoisotopic (exact) mass is 338 g/mol. The Morgan fingerprint density at radius 2 is 1.64 bits per heavy atom. The van der Waals surface area contributed by atoms with Crippen LogP contribution in [0.4, 0.5) is 10.5 Å². The molecule has 0 bridgehead atoms. The second-order valence-corrected chi connectivity index (χ2v) is 5.54. The van der Waals surface area contributed by atoms with Crippen molar-refractivity contribution in [3.8, 4) is 11.5 Å². The summed E-state index contributed by atoms with van der Waals surface area (Å²) in [5.74, 6) is -2.31.